The zero-order valence-corrected chi connectivity index (χ0v) is 10.6. The van der Waals surface area contributed by atoms with Gasteiger partial charge in [-0.05, 0) is 36.8 Å². The Morgan fingerprint density at radius 2 is 2.25 bits per heavy atom. The summed E-state index contributed by atoms with van der Waals surface area (Å²) >= 11 is 7.36. The van der Waals surface area contributed by atoms with E-state index in [4.69, 9.17) is 17.3 Å². The minimum atomic E-state index is 0.0653. The number of rotatable bonds is 2. The average molecular weight is 259 g/mol. The van der Waals surface area contributed by atoms with Crippen LogP contribution in [0.5, 0.6) is 0 Å². The molecular formula is C11H15ClN2OS. The van der Waals surface area contributed by atoms with E-state index in [0.717, 1.165) is 32.5 Å². The topological polar surface area (TPSA) is 46.3 Å². The van der Waals surface area contributed by atoms with E-state index in [2.05, 4.69) is 0 Å². The van der Waals surface area contributed by atoms with Gasteiger partial charge in [-0.15, -0.1) is 11.3 Å². The van der Waals surface area contributed by atoms with Gasteiger partial charge >= 0.3 is 0 Å². The largest absolute Gasteiger partial charge is 0.338 e. The van der Waals surface area contributed by atoms with Crippen molar-refractivity contribution < 1.29 is 4.79 Å². The number of hydrogen-bond acceptors (Lipinski definition) is 3. The highest BCUT2D eigenvalue weighted by molar-refractivity contribution is 7.12. The van der Waals surface area contributed by atoms with Crippen LogP contribution in [0.1, 0.15) is 22.5 Å². The van der Waals surface area contributed by atoms with Gasteiger partial charge in [0.1, 0.15) is 4.88 Å². The van der Waals surface area contributed by atoms with Crippen LogP contribution < -0.4 is 5.73 Å². The maximum absolute atomic E-state index is 12.1. The van der Waals surface area contributed by atoms with Crippen LogP contribution >= 0.6 is 22.9 Å². The zero-order chi connectivity index (χ0) is 11.5. The van der Waals surface area contributed by atoms with Crippen molar-refractivity contribution >= 4 is 28.8 Å². The second-order valence-corrected chi connectivity index (χ2v) is 5.39. The van der Waals surface area contributed by atoms with Crippen LogP contribution in [0.2, 0.25) is 5.02 Å². The molecule has 0 unspecified atom stereocenters. The van der Waals surface area contributed by atoms with Crippen molar-refractivity contribution in [1.29, 1.82) is 0 Å². The Kier molecular flexibility index (Phi) is 3.84. The van der Waals surface area contributed by atoms with Gasteiger partial charge in [0.05, 0.1) is 5.02 Å². The van der Waals surface area contributed by atoms with Gasteiger partial charge in [-0.2, -0.15) is 0 Å². The normalized spacial score (nSPS) is 17.8. The number of piperidine rings is 1. The number of nitrogens with zero attached hydrogens (tertiary/aromatic N) is 1. The summed E-state index contributed by atoms with van der Waals surface area (Å²) in [5.74, 6) is 0.637. The monoisotopic (exact) mass is 258 g/mol. The Balaban J connectivity index is 2.00. The van der Waals surface area contributed by atoms with E-state index in [1.165, 1.54) is 11.3 Å². The predicted molar refractivity (Wildman–Crippen MR) is 67.0 cm³/mol. The van der Waals surface area contributed by atoms with E-state index >= 15 is 0 Å². The summed E-state index contributed by atoms with van der Waals surface area (Å²) in [6, 6.07) is 1.77. The molecule has 1 aliphatic rings. The lowest BCUT2D eigenvalue weighted by Crippen LogP contribution is -2.39. The van der Waals surface area contributed by atoms with Crippen molar-refractivity contribution in [2.45, 2.75) is 12.8 Å². The second kappa shape index (κ2) is 5.17. The molecule has 0 radical (unpaired) electrons. The van der Waals surface area contributed by atoms with Crippen LogP contribution in [0.25, 0.3) is 0 Å². The summed E-state index contributed by atoms with van der Waals surface area (Å²) < 4.78 is 0. The molecule has 88 valence electrons. The molecule has 1 amide bonds. The summed E-state index contributed by atoms with van der Waals surface area (Å²) in [6.45, 7) is 2.33. The van der Waals surface area contributed by atoms with Gasteiger partial charge in [0.25, 0.3) is 5.91 Å². The first kappa shape index (κ1) is 11.9. The number of carbonyl (C=O) groups excluding carboxylic acids is 1. The molecule has 2 rings (SSSR count). The van der Waals surface area contributed by atoms with Crippen molar-refractivity contribution in [3.8, 4) is 0 Å². The van der Waals surface area contributed by atoms with Crippen LogP contribution in [0.3, 0.4) is 0 Å². The molecule has 0 saturated carbocycles. The highest BCUT2D eigenvalue weighted by Crippen LogP contribution is 2.25. The van der Waals surface area contributed by atoms with E-state index in [1.54, 1.807) is 6.07 Å². The first-order chi connectivity index (χ1) is 7.72. The SMILES string of the molecule is NCC1CCN(C(=O)c2sccc2Cl)CC1. The number of halogens is 1. The van der Waals surface area contributed by atoms with E-state index in [1.807, 2.05) is 10.3 Å². The Morgan fingerprint density at radius 1 is 1.56 bits per heavy atom. The summed E-state index contributed by atoms with van der Waals surface area (Å²) in [5.41, 5.74) is 5.62. The van der Waals surface area contributed by atoms with Gasteiger partial charge in [-0.1, -0.05) is 11.6 Å². The molecule has 2 heterocycles. The lowest BCUT2D eigenvalue weighted by molar-refractivity contribution is 0.0698. The fourth-order valence-corrected chi connectivity index (χ4v) is 3.06. The van der Waals surface area contributed by atoms with Gasteiger partial charge in [0, 0.05) is 13.1 Å². The number of amides is 1. The lowest BCUT2D eigenvalue weighted by atomic mass is 9.97. The van der Waals surface area contributed by atoms with E-state index in [-0.39, 0.29) is 5.91 Å². The highest BCUT2D eigenvalue weighted by atomic mass is 35.5. The van der Waals surface area contributed by atoms with Gasteiger partial charge in [0.2, 0.25) is 0 Å². The number of carbonyl (C=O) groups is 1. The first-order valence-corrected chi connectivity index (χ1v) is 6.70. The zero-order valence-electron chi connectivity index (χ0n) is 8.99. The van der Waals surface area contributed by atoms with Gasteiger partial charge in [-0.3, -0.25) is 4.79 Å². The average Bonchev–Trinajstić information content (AvgIpc) is 2.75. The fourth-order valence-electron chi connectivity index (χ4n) is 1.96. The smallest absolute Gasteiger partial charge is 0.265 e. The van der Waals surface area contributed by atoms with Crippen molar-refractivity contribution in [1.82, 2.24) is 4.90 Å². The Bertz CT molecular complexity index is 372. The maximum Gasteiger partial charge on any atom is 0.265 e. The standard InChI is InChI=1S/C11H15ClN2OS/c12-9-3-6-16-10(9)11(15)14-4-1-8(7-13)2-5-14/h3,6,8H,1-2,4-5,7,13H2. The Labute approximate surface area is 104 Å². The Hall–Kier alpha value is -0.580. The third-order valence-electron chi connectivity index (χ3n) is 3.05. The summed E-state index contributed by atoms with van der Waals surface area (Å²) in [6.07, 6.45) is 2.01. The van der Waals surface area contributed by atoms with Gasteiger partial charge in [-0.25, -0.2) is 0 Å². The highest BCUT2D eigenvalue weighted by Gasteiger charge is 2.24. The van der Waals surface area contributed by atoms with Crippen molar-refractivity contribution in [2.75, 3.05) is 19.6 Å². The molecule has 0 bridgehead atoms. The van der Waals surface area contributed by atoms with Crippen LogP contribution in [-0.2, 0) is 0 Å². The lowest BCUT2D eigenvalue weighted by Gasteiger charge is -2.31. The molecule has 3 nitrogen and oxygen atoms in total. The molecule has 1 aromatic heterocycles. The molecule has 1 saturated heterocycles. The maximum atomic E-state index is 12.1. The molecule has 0 aromatic carbocycles. The third-order valence-corrected chi connectivity index (χ3v) is 4.38. The summed E-state index contributed by atoms with van der Waals surface area (Å²) in [7, 11) is 0. The number of likely N-dealkylation sites (tertiary alicyclic amines) is 1. The number of thiophene rings is 1. The molecule has 16 heavy (non-hydrogen) atoms. The van der Waals surface area contributed by atoms with Crippen molar-refractivity contribution in [2.24, 2.45) is 11.7 Å². The van der Waals surface area contributed by atoms with Gasteiger partial charge in [0.15, 0.2) is 0 Å². The summed E-state index contributed by atoms with van der Waals surface area (Å²) in [5, 5.41) is 2.42. The molecule has 1 fully saturated rings. The van der Waals surface area contributed by atoms with Gasteiger partial charge < -0.3 is 10.6 Å². The minimum absolute atomic E-state index is 0.0653. The molecule has 1 aromatic rings. The van der Waals surface area contributed by atoms with E-state index in [0.29, 0.717) is 15.8 Å². The quantitative estimate of drug-likeness (QED) is 0.884. The fraction of sp³-hybridized carbons (Fsp3) is 0.545. The molecular weight excluding hydrogens is 244 g/mol. The molecule has 1 aliphatic heterocycles. The van der Waals surface area contributed by atoms with E-state index < -0.39 is 0 Å². The predicted octanol–water partition coefficient (Wildman–Crippen LogP) is 2.21. The van der Waals surface area contributed by atoms with Crippen LogP contribution in [0, 0.1) is 5.92 Å². The molecule has 0 spiro atoms. The molecule has 0 atom stereocenters. The first-order valence-electron chi connectivity index (χ1n) is 5.44. The third kappa shape index (κ3) is 2.39. The van der Waals surface area contributed by atoms with Crippen LogP contribution in [-0.4, -0.2) is 30.4 Å². The van der Waals surface area contributed by atoms with E-state index in [9.17, 15) is 4.79 Å². The Morgan fingerprint density at radius 3 is 2.75 bits per heavy atom. The molecule has 2 N–H and O–H groups in total. The number of hydrogen-bond donors (Lipinski definition) is 1. The summed E-state index contributed by atoms with van der Waals surface area (Å²) in [4.78, 5) is 14.6. The molecule has 0 aliphatic carbocycles. The molecule has 5 heteroatoms. The minimum Gasteiger partial charge on any atom is -0.338 e. The number of nitrogens with two attached hydrogens (primary N) is 1. The van der Waals surface area contributed by atoms with Crippen molar-refractivity contribution in [3.05, 3.63) is 21.3 Å². The van der Waals surface area contributed by atoms with Crippen LogP contribution in [0.4, 0.5) is 0 Å². The second-order valence-electron chi connectivity index (χ2n) is 4.07. The van der Waals surface area contributed by atoms with Crippen LogP contribution in [0.15, 0.2) is 11.4 Å². The van der Waals surface area contributed by atoms with Crippen molar-refractivity contribution in [3.63, 3.8) is 0 Å².